The van der Waals surface area contributed by atoms with E-state index >= 15 is 0 Å². The van der Waals surface area contributed by atoms with Gasteiger partial charge in [-0.25, -0.2) is 0 Å². The molecule has 0 spiro atoms. The van der Waals surface area contributed by atoms with E-state index in [0.29, 0.717) is 0 Å². The number of thioether (sulfide) groups is 1. The predicted octanol–water partition coefficient (Wildman–Crippen LogP) is 4.81. The topological polar surface area (TPSA) is 40.1 Å². The molecule has 0 saturated heterocycles. The molecule has 0 aliphatic heterocycles. The summed E-state index contributed by atoms with van der Waals surface area (Å²) in [5, 5.41) is 10.1. The number of carbonyl (C=O) groups excluding carboxylic acids is 1. The Morgan fingerprint density at radius 3 is 1.41 bits per heavy atom. The van der Waals surface area contributed by atoms with Crippen molar-refractivity contribution in [3.63, 3.8) is 0 Å². The molecule has 2 nitrogen and oxygen atoms in total. The van der Waals surface area contributed by atoms with E-state index in [0.717, 1.165) is 12.2 Å². The second kappa shape index (κ2) is 18.6. The second-order valence-corrected chi connectivity index (χ2v) is 16.6. The average molecular weight is 581 g/mol. The number of aliphatic carboxylic acids is 1. The molecule has 0 amide bonds. The summed E-state index contributed by atoms with van der Waals surface area (Å²) in [7, 11) is 0. The van der Waals surface area contributed by atoms with Crippen LogP contribution in [-0.4, -0.2) is 37.2 Å². The van der Waals surface area contributed by atoms with Gasteiger partial charge in [0.05, 0.1) is 5.97 Å². The fourth-order valence-electron chi connectivity index (χ4n) is 3.81. The zero-order valence-corrected chi connectivity index (χ0v) is 24.1. The Bertz CT molecular complexity index is 794. The molecule has 0 aliphatic carbocycles. The van der Waals surface area contributed by atoms with Gasteiger partial charge in [-0.15, -0.1) is 0 Å². The number of rotatable bonds is 14. The summed E-state index contributed by atoms with van der Waals surface area (Å²) in [6.07, 6.45) is 10.4. The summed E-state index contributed by atoms with van der Waals surface area (Å²) < 4.78 is 4.59. The van der Waals surface area contributed by atoms with Crippen molar-refractivity contribution in [3.8, 4) is 0 Å². The first-order valence-corrected chi connectivity index (χ1v) is 18.0. The molecule has 3 aromatic rings. The van der Waals surface area contributed by atoms with Crippen molar-refractivity contribution in [2.45, 2.75) is 58.3 Å². The number of unbranched alkanes of at least 4 members (excludes halogenated alkanes) is 7. The summed E-state index contributed by atoms with van der Waals surface area (Å²) in [4.78, 5) is 10.1. The molecule has 0 aromatic heterocycles. The van der Waals surface area contributed by atoms with Crippen molar-refractivity contribution >= 4 is 48.2 Å². The monoisotopic (exact) mass is 582 g/mol. The first kappa shape index (κ1) is 28.5. The Hall–Kier alpha value is -1.72. The molecule has 0 saturated carbocycles. The third-order valence-corrected chi connectivity index (χ3v) is 14.4. The van der Waals surface area contributed by atoms with Gasteiger partial charge in [-0.1, -0.05) is 51.9 Å². The number of hydrogen-bond acceptors (Lipinski definition) is 3. The van der Waals surface area contributed by atoms with Crippen LogP contribution in [0.3, 0.4) is 0 Å². The van der Waals surface area contributed by atoms with Crippen LogP contribution in [0.1, 0.15) is 58.3 Å². The first-order valence-electron chi connectivity index (χ1n) is 12.5. The quantitative estimate of drug-likeness (QED) is 0.203. The predicted molar refractivity (Wildman–Crippen MR) is 149 cm³/mol. The molecule has 0 fully saturated rings. The van der Waals surface area contributed by atoms with Gasteiger partial charge in [0, 0.05) is 5.75 Å². The van der Waals surface area contributed by atoms with Gasteiger partial charge in [-0.3, -0.25) is 0 Å². The molecule has 180 valence electrons. The fraction of sp³-hybridized carbons (Fsp3) is 0.367. The molecule has 0 radical (unpaired) electrons. The molecule has 0 aliphatic rings. The van der Waals surface area contributed by atoms with Gasteiger partial charge in [-0.2, -0.15) is 11.8 Å². The standard InChI is InChI=1S/C12H24O2S.3C6H5.Sn/c1-2-3-4-5-6-7-8-9-10-15-11-12(13)14;3*1-2-4-6-5-3-1;/h2-11H2,1H3,(H,13,14);3*1-5H;/q;;;;+1/p-1. The normalized spacial score (nSPS) is 10.3. The van der Waals surface area contributed by atoms with E-state index in [1.807, 2.05) is 0 Å². The Balaban J connectivity index is 0.000000249. The van der Waals surface area contributed by atoms with Crippen LogP contribution in [-0.2, 0) is 4.79 Å². The van der Waals surface area contributed by atoms with Gasteiger partial charge in [0.2, 0.25) is 0 Å². The van der Waals surface area contributed by atoms with E-state index < -0.39 is 25.7 Å². The Labute approximate surface area is 217 Å². The number of hydrogen-bond donors (Lipinski definition) is 0. The number of carbonyl (C=O) groups is 1. The van der Waals surface area contributed by atoms with Crippen molar-refractivity contribution in [3.05, 3.63) is 91.0 Å². The van der Waals surface area contributed by atoms with Crippen molar-refractivity contribution in [1.29, 1.82) is 0 Å². The zero-order chi connectivity index (χ0) is 24.3. The van der Waals surface area contributed by atoms with Crippen LogP contribution in [0, 0.1) is 0 Å². The Morgan fingerprint density at radius 2 is 1.03 bits per heavy atom. The molecule has 34 heavy (non-hydrogen) atoms. The van der Waals surface area contributed by atoms with Crippen molar-refractivity contribution in [2.24, 2.45) is 0 Å². The molecule has 0 bridgehead atoms. The van der Waals surface area contributed by atoms with E-state index in [9.17, 15) is 9.90 Å². The molecule has 0 unspecified atom stereocenters. The van der Waals surface area contributed by atoms with Gasteiger partial charge < -0.3 is 9.90 Å². The molecular formula is C30H38O2SSn. The third-order valence-electron chi connectivity index (χ3n) is 5.55. The average Bonchev–Trinajstić information content (AvgIpc) is 2.88. The van der Waals surface area contributed by atoms with Gasteiger partial charge in [0.15, 0.2) is 0 Å². The zero-order valence-electron chi connectivity index (χ0n) is 20.5. The minimum atomic E-state index is -1.98. The molecule has 0 N–H and O–H groups in total. The molecular weight excluding hydrogens is 543 g/mol. The third kappa shape index (κ3) is 12.1. The molecule has 0 atom stereocenters. The van der Waals surface area contributed by atoms with Crippen molar-refractivity contribution in [2.75, 3.05) is 11.5 Å². The maximum atomic E-state index is 10.1. The van der Waals surface area contributed by atoms with Gasteiger partial charge in [0.1, 0.15) is 0 Å². The summed E-state index contributed by atoms with van der Waals surface area (Å²) in [5.41, 5.74) is 0. The number of benzene rings is 3. The minimum absolute atomic E-state index is 0.149. The van der Waals surface area contributed by atoms with E-state index in [-0.39, 0.29) is 5.75 Å². The summed E-state index contributed by atoms with van der Waals surface area (Å²) in [6, 6.07) is 32.9. The summed E-state index contributed by atoms with van der Waals surface area (Å²) in [6.45, 7) is 2.23. The van der Waals surface area contributed by atoms with E-state index in [2.05, 4.69) is 97.9 Å². The summed E-state index contributed by atoms with van der Waals surface area (Å²) >= 11 is -0.510. The molecule has 3 rings (SSSR count). The van der Waals surface area contributed by atoms with Gasteiger partial charge in [-0.05, 0) is 12.2 Å². The number of carboxylic acid groups (broad SMARTS) is 1. The first-order chi connectivity index (χ1) is 16.7. The van der Waals surface area contributed by atoms with E-state index in [1.54, 1.807) is 0 Å². The SMILES string of the molecule is CCCCCCCCCCSCC(=O)[O-].c1cc[c]([Sn+]([c]2ccccc2)[c]2ccccc2)cc1. The molecule has 4 heteroatoms. The van der Waals surface area contributed by atoms with E-state index in [1.165, 1.54) is 67.4 Å². The Kier molecular flexibility index (Phi) is 15.6. The van der Waals surface area contributed by atoms with Crippen molar-refractivity contribution < 1.29 is 9.90 Å². The second-order valence-electron chi connectivity index (χ2n) is 8.37. The van der Waals surface area contributed by atoms with Crippen LogP contribution in [0.4, 0.5) is 0 Å². The van der Waals surface area contributed by atoms with Crippen LogP contribution in [0.2, 0.25) is 0 Å². The van der Waals surface area contributed by atoms with Gasteiger partial charge >= 0.3 is 121 Å². The summed E-state index contributed by atoms with van der Waals surface area (Å²) in [5.74, 6) is 0.166. The van der Waals surface area contributed by atoms with Crippen LogP contribution in [0.15, 0.2) is 91.0 Å². The van der Waals surface area contributed by atoms with Crippen LogP contribution in [0.5, 0.6) is 0 Å². The van der Waals surface area contributed by atoms with Crippen molar-refractivity contribution in [1.82, 2.24) is 0 Å². The Morgan fingerprint density at radius 1 is 0.647 bits per heavy atom. The molecule has 0 heterocycles. The van der Waals surface area contributed by atoms with Crippen LogP contribution < -0.4 is 15.8 Å². The van der Waals surface area contributed by atoms with Gasteiger partial charge in [0.25, 0.3) is 0 Å². The van der Waals surface area contributed by atoms with Crippen LogP contribution in [0.25, 0.3) is 0 Å². The fourth-order valence-corrected chi connectivity index (χ4v) is 11.9. The van der Waals surface area contributed by atoms with Crippen LogP contribution >= 0.6 is 11.8 Å². The maximum absolute atomic E-state index is 10.1. The van der Waals surface area contributed by atoms with E-state index in [4.69, 9.17) is 0 Å². The molecule has 3 aromatic carbocycles. The number of carboxylic acids is 1.